The summed E-state index contributed by atoms with van der Waals surface area (Å²) in [5.74, 6) is 0.923. The fourth-order valence-electron chi connectivity index (χ4n) is 6.22. The summed E-state index contributed by atoms with van der Waals surface area (Å²) in [6.07, 6.45) is 12.7. The largest absolute Gasteiger partial charge is 0.387 e. The zero-order valence-electron chi connectivity index (χ0n) is 28.8. The highest BCUT2D eigenvalue weighted by molar-refractivity contribution is 5.78. The van der Waals surface area contributed by atoms with Gasteiger partial charge in [-0.05, 0) is 68.8 Å². The Morgan fingerprint density at radius 2 is 1.76 bits per heavy atom. The van der Waals surface area contributed by atoms with Gasteiger partial charge in [0.1, 0.15) is 6.23 Å². The number of unbranched alkanes of at least 4 members (excludes halogenated alkanes) is 1. The van der Waals surface area contributed by atoms with E-state index in [4.69, 9.17) is 9.73 Å². The number of amides is 2. The van der Waals surface area contributed by atoms with Gasteiger partial charge in [0.2, 0.25) is 11.8 Å². The number of carbonyl (C=O) groups excluding carboxylic acids is 2. The smallest absolute Gasteiger partial charge is 0.224 e. The summed E-state index contributed by atoms with van der Waals surface area (Å²) in [6.45, 7) is 17.5. The van der Waals surface area contributed by atoms with E-state index in [1.165, 1.54) is 6.42 Å². The standard InChI is InChI=1S/C35H65N3O4/c1-11-14-22-38(35(42-10)27(7)24-36-28(8)34(41)30-18-16-15-17-19-30)32(40)23-29(13-3)33(26(6)12-2)37(9)31(39)21-20-25(4)5/h18,24-29,33-35,41H,11-17,19-23H2,1-10H3/b36-24+. The molecular weight excluding hydrogens is 526 g/mol. The van der Waals surface area contributed by atoms with Crippen LogP contribution in [0.15, 0.2) is 16.6 Å². The molecule has 0 fully saturated rings. The number of aliphatic hydroxyl groups is 1. The first-order valence-corrected chi connectivity index (χ1v) is 16.9. The molecule has 0 aliphatic heterocycles. The number of aliphatic hydroxyl groups excluding tert-OH is 1. The van der Waals surface area contributed by atoms with Crippen LogP contribution in [0.2, 0.25) is 0 Å². The molecule has 0 radical (unpaired) electrons. The molecule has 1 N–H and O–H groups in total. The van der Waals surface area contributed by atoms with Gasteiger partial charge in [-0.2, -0.15) is 0 Å². The first-order valence-electron chi connectivity index (χ1n) is 16.9. The number of carbonyl (C=O) groups is 2. The highest BCUT2D eigenvalue weighted by Crippen LogP contribution is 2.29. The molecule has 1 aliphatic rings. The zero-order valence-corrected chi connectivity index (χ0v) is 28.8. The van der Waals surface area contributed by atoms with Crippen LogP contribution in [0.5, 0.6) is 0 Å². The van der Waals surface area contributed by atoms with E-state index in [-0.39, 0.29) is 41.7 Å². The van der Waals surface area contributed by atoms with Crippen LogP contribution >= 0.6 is 0 Å². The van der Waals surface area contributed by atoms with E-state index in [0.29, 0.717) is 25.3 Å². The third-order valence-electron chi connectivity index (χ3n) is 9.24. The van der Waals surface area contributed by atoms with Gasteiger partial charge in [-0.3, -0.25) is 14.6 Å². The Morgan fingerprint density at radius 1 is 1.07 bits per heavy atom. The number of nitrogens with zero attached hydrogens (tertiary/aromatic N) is 3. The van der Waals surface area contributed by atoms with E-state index in [1.54, 1.807) is 7.11 Å². The lowest BCUT2D eigenvalue weighted by Gasteiger charge is -2.40. The van der Waals surface area contributed by atoms with Crippen LogP contribution in [0, 0.1) is 23.7 Å². The summed E-state index contributed by atoms with van der Waals surface area (Å²) < 4.78 is 5.96. The first-order chi connectivity index (χ1) is 19.9. The molecule has 42 heavy (non-hydrogen) atoms. The van der Waals surface area contributed by atoms with Crippen LogP contribution in [-0.4, -0.2) is 78.1 Å². The van der Waals surface area contributed by atoms with E-state index >= 15 is 0 Å². The molecule has 7 atom stereocenters. The molecule has 0 aromatic heterocycles. The van der Waals surface area contributed by atoms with Crippen LogP contribution in [0.4, 0.5) is 0 Å². The van der Waals surface area contributed by atoms with Crippen molar-refractivity contribution in [2.75, 3.05) is 20.7 Å². The molecule has 1 rings (SSSR count). The molecule has 0 saturated heterocycles. The number of ether oxygens (including phenoxy) is 1. The monoisotopic (exact) mass is 591 g/mol. The average molecular weight is 592 g/mol. The molecule has 7 unspecified atom stereocenters. The van der Waals surface area contributed by atoms with Gasteiger partial charge < -0.3 is 19.6 Å². The molecule has 0 heterocycles. The summed E-state index contributed by atoms with van der Waals surface area (Å²) in [4.78, 5) is 35.8. The van der Waals surface area contributed by atoms with Gasteiger partial charge >= 0.3 is 0 Å². The van der Waals surface area contributed by atoms with Crippen LogP contribution in [0.3, 0.4) is 0 Å². The number of rotatable bonds is 20. The lowest BCUT2D eigenvalue weighted by atomic mass is 9.82. The molecule has 0 saturated carbocycles. The van der Waals surface area contributed by atoms with Gasteiger partial charge in [-0.1, -0.05) is 73.8 Å². The Morgan fingerprint density at radius 3 is 2.29 bits per heavy atom. The predicted molar refractivity (Wildman–Crippen MR) is 176 cm³/mol. The van der Waals surface area contributed by atoms with E-state index in [2.05, 4.69) is 47.6 Å². The molecule has 1 aliphatic carbocycles. The average Bonchev–Trinajstić information content (AvgIpc) is 2.99. The topological polar surface area (TPSA) is 82.4 Å². The summed E-state index contributed by atoms with van der Waals surface area (Å²) >= 11 is 0. The Balaban J connectivity index is 3.13. The number of allylic oxidation sites excluding steroid dienone is 1. The molecular formula is C35H65N3O4. The van der Waals surface area contributed by atoms with Gasteiger partial charge in [-0.25, -0.2) is 0 Å². The van der Waals surface area contributed by atoms with E-state index in [1.807, 2.05) is 36.9 Å². The first kappa shape index (κ1) is 38.3. The van der Waals surface area contributed by atoms with Crippen LogP contribution < -0.4 is 0 Å². The molecule has 0 bridgehead atoms. The van der Waals surface area contributed by atoms with Crippen molar-refractivity contribution in [3.05, 3.63) is 11.6 Å². The highest BCUT2D eigenvalue weighted by atomic mass is 16.5. The summed E-state index contributed by atoms with van der Waals surface area (Å²) in [5.41, 5.74) is 1.09. The quantitative estimate of drug-likeness (QED) is 0.0917. The van der Waals surface area contributed by atoms with Crippen LogP contribution in [0.25, 0.3) is 0 Å². The van der Waals surface area contributed by atoms with Crippen molar-refractivity contribution in [1.29, 1.82) is 0 Å². The minimum Gasteiger partial charge on any atom is -0.387 e. The maximum absolute atomic E-state index is 14.0. The van der Waals surface area contributed by atoms with Gasteiger partial charge in [-0.15, -0.1) is 0 Å². The number of methoxy groups -OCH3 is 1. The fraction of sp³-hybridized carbons (Fsp3) is 0.857. The molecule has 0 aromatic carbocycles. The van der Waals surface area contributed by atoms with E-state index < -0.39 is 12.3 Å². The third-order valence-corrected chi connectivity index (χ3v) is 9.24. The van der Waals surface area contributed by atoms with Crippen molar-refractivity contribution in [1.82, 2.24) is 9.80 Å². The van der Waals surface area contributed by atoms with Crippen molar-refractivity contribution in [2.45, 2.75) is 150 Å². The third kappa shape index (κ3) is 12.1. The molecule has 244 valence electrons. The van der Waals surface area contributed by atoms with Crippen molar-refractivity contribution >= 4 is 18.0 Å². The van der Waals surface area contributed by atoms with Crippen molar-refractivity contribution < 1.29 is 19.4 Å². The maximum Gasteiger partial charge on any atom is 0.224 e. The van der Waals surface area contributed by atoms with Crippen molar-refractivity contribution in [3.8, 4) is 0 Å². The van der Waals surface area contributed by atoms with Crippen LogP contribution in [-0.2, 0) is 14.3 Å². The van der Waals surface area contributed by atoms with Gasteiger partial charge in [0.25, 0.3) is 0 Å². The van der Waals surface area contributed by atoms with Gasteiger partial charge in [0, 0.05) is 51.7 Å². The Labute approximate surface area is 258 Å². The van der Waals surface area contributed by atoms with Gasteiger partial charge in [0.15, 0.2) is 0 Å². The number of hydrogen-bond acceptors (Lipinski definition) is 5. The second-order valence-electron chi connectivity index (χ2n) is 13.1. The van der Waals surface area contributed by atoms with Gasteiger partial charge in [0.05, 0.1) is 12.1 Å². The van der Waals surface area contributed by atoms with Crippen molar-refractivity contribution in [3.63, 3.8) is 0 Å². The number of aliphatic imine (C=N–C) groups is 1. The lowest BCUT2D eigenvalue weighted by Crippen LogP contribution is -2.50. The minimum absolute atomic E-state index is 0.00745. The van der Waals surface area contributed by atoms with E-state index in [0.717, 1.165) is 56.9 Å². The number of hydrogen-bond donors (Lipinski definition) is 1. The Kier molecular flexibility index (Phi) is 18.5. The SMILES string of the molecule is CCCCN(C(=O)CC(CC)C(C(C)CC)N(C)C(=O)CCC(C)C)C(OC)C(C)/C=N/C(C)C(O)C1=CCCCC1. The normalized spacial score (nSPS) is 19.1. The summed E-state index contributed by atoms with van der Waals surface area (Å²) in [5, 5.41) is 10.8. The second kappa shape index (κ2) is 20.3. The Hall–Kier alpha value is -1.73. The minimum atomic E-state index is -0.574. The summed E-state index contributed by atoms with van der Waals surface area (Å²) in [6, 6.07) is -0.244. The molecule has 7 heteroatoms. The second-order valence-corrected chi connectivity index (χ2v) is 13.1. The molecule has 7 nitrogen and oxygen atoms in total. The predicted octanol–water partition coefficient (Wildman–Crippen LogP) is 7.27. The molecule has 2 amide bonds. The fourth-order valence-corrected chi connectivity index (χ4v) is 6.22. The molecule has 0 spiro atoms. The molecule has 0 aromatic rings. The summed E-state index contributed by atoms with van der Waals surface area (Å²) in [7, 11) is 3.59. The lowest BCUT2D eigenvalue weighted by molar-refractivity contribution is -0.149. The van der Waals surface area contributed by atoms with E-state index in [9.17, 15) is 14.7 Å². The highest BCUT2D eigenvalue weighted by Gasteiger charge is 2.35. The van der Waals surface area contributed by atoms with Crippen molar-refractivity contribution in [2.24, 2.45) is 28.7 Å². The maximum atomic E-state index is 14.0. The Bertz CT molecular complexity index is 842. The zero-order chi connectivity index (χ0) is 31.8. The van der Waals surface area contributed by atoms with Crippen LogP contribution in [0.1, 0.15) is 126 Å².